The quantitative estimate of drug-likeness (QED) is 0.176. The van der Waals surface area contributed by atoms with Gasteiger partial charge in [-0.2, -0.15) is 0 Å². The van der Waals surface area contributed by atoms with Gasteiger partial charge < -0.3 is 0 Å². The van der Waals surface area contributed by atoms with Crippen molar-refractivity contribution in [3.63, 3.8) is 0 Å². The molecule has 3 unspecified atom stereocenters. The first kappa shape index (κ1) is 30.1. The first-order chi connectivity index (χ1) is 22.2. The second-order valence-electron chi connectivity index (χ2n) is 13.1. The molecule has 0 N–H and O–H groups in total. The third-order valence-corrected chi connectivity index (χ3v) is 11.8. The van der Waals surface area contributed by atoms with E-state index in [0.29, 0.717) is 11.2 Å². The average Bonchev–Trinajstić information content (AvgIpc) is 3.33. The number of allylic oxidation sites excluding steroid dienone is 6. The standard InChI is InChI=1S/C42H44BNS/c1-3-4-26-44(27-14-13-25-42(2,33-15-7-5-8-16-33)34-17-9-6-10-18-34)35-28-32-22-21-31-23-24-37-36-19-11-12-20-39(36)45-41(37)40(31)38(32)30-43-29-35/h3-5,7-8,11-12,14-17,19-24,27-29,37,41H,6,9-10,13,18,25-26,30H2,1-2H3. The molecule has 4 aliphatic rings. The first-order valence-electron chi connectivity index (χ1n) is 16.9. The molecular weight excluding hydrogens is 561 g/mol. The molecule has 0 bridgehead atoms. The van der Waals surface area contributed by atoms with Gasteiger partial charge in [0.25, 0.3) is 0 Å². The van der Waals surface area contributed by atoms with Crippen molar-refractivity contribution < 1.29 is 0 Å². The van der Waals surface area contributed by atoms with E-state index in [2.05, 4.69) is 159 Å². The normalized spacial score (nSPS) is 21.2. The zero-order valence-corrected chi connectivity index (χ0v) is 27.6. The second kappa shape index (κ2) is 13.4. The molecule has 0 saturated heterocycles. The fraction of sp³-hybridized carbons (Fsp3) is 0.310. The third kappa shape index (κ3) is 6.04. The molecule has 0 fully saturated rings. The average molecular weight is 606 g/mol. The summed E-state index contributed by atoms with van der Waals surface area (Å²) >= 11 is 2.05. The van der Waals surface area contributed by atoms with Crippen LogP contribution in [0.1, 0.15) is 96.9 Å². The van der Waals surface area contributed by atoms with Crippen LogP contribution in [0, 0.1) is 0 Å². The van der Waals surface area contributed by atoms with Gasteiger partial charge in [-0.05, 0) is 0 Å². The van der Waals surface area contributed by atoms with E-state index >= 15 is 0 Å². The Balaban J connectivity index is 1.15. The maximum atomic E-state index is 2.54. The maximum absolute atomic E-state index is 2.54. The summed E-state index contributed by atoms with van der Waals surface area (Å²) in [5, 5.41) is 0.456. The SMILES string of the molecule is CC=CCN(C=CCCC(C)(C1=CCCCC1)c1ccccc1)C1=Cc2ccc3c(c2CB=C1)C1Sc2ccccc2C1C=C3. The molecule has 3 aromatic rings. The van der Waals surface area contributed by atoms with Crippen molar-refractivity contribution in [2.75, 3.05) is 6.54 Å². The molecule has 0 saturated carbocycles. The van der Waals surface area contributed by atoms with Crippen LogP contribution in [0.3, 0.4) is 0 Å². The third-order valence-electron chi connectivity index (χ3n) is 10.3. The number of hydrogen-bond donors (Lipinski definition) is 0. The van der Waals surface area contributed by atoms with E-state index < -0.39 is 0 Å². The van der Waals surface area contributed by atoms with E-state index in [4.69, 9.17) is 0 Å². The van der Waals surface area contributed by atoms with Crippen LogP contribution in [0.5, 0.6) is 0 Å². The van der Waals surface area contributed by atoms with Crippen molar-refractivity contribution in [2.24, 2.45) is 0 Å². The number of hydrogen-bond acceptors (Lipinski definition) is 2. The topological polar surface area (TPSA) is 3.24 Å². The van der Waals surface area contributed by atoms with Crippen LogP contribution >= 0.6 is 11.8 Å². The molecule has 0 spiro atoms. The van der Waals surface area contributed by atoms with E-state index in [0.717, 1.165) is 25.7 Å². The molecule has 0 amide bonds. The first-order valence-corrected chi connectivity index (χ1v) is 17.8. The van der Waals surface area contributed by atoms with E-state index in [9.17, 15) is 0 Å². The fourth-order valence-electron chi connectivity index (χ4n) is 7.80. The number of nitrogens with zero attached hydrogens (tertiary/aromatic N) is 1. The van der Waals surface area contributed by atoms with Gasteiger partial charge in [0.15, 0.2) is 0 Å². The summed E-state index contributed by atoms with van der Waals surface area (Å²) in [6, 6.07) is 24.9. The molecule has 3 atom stereocenters. The van der Waals surface area contributed by atoms with E-state index in [1.54, 1.807) is 5.57 Å². The van der Waals surface area contributed by atoms with E-state index in [1.807, 2.05) is 0 Å². The zero-order chi connectivity index (χ0) is 30.6. The summed E-state index contributed by atoms with van der Waals surface area (Å²) < 4.78 is 0. The van der Waals surface area contributed by atoms with Gasteiger partial charge in [-0.15, -0.1) is 0 Å². The summed E-state index contributed by atoms with van der Waals surface area (Å²) in [6.07, 6.45) is 27.2. The van der Waals surface area contributed by atoms with Crippen LogP contribution in [0.25, 0.3) is 12.2 Å². The number of rotatable bonds is 9. The minimum atomic E-state index is 0.0872. The molecule has 2 heterocycles. The van der Waals surface area contributed by atoms with Crippen molar-refractivity contribution in [3.05, 3.63) is 148 Å². The van der Waals surface area contributed by atoms with Crippen LogP contribution in [-0.2, 0) is 11.7 Å². The van der Waals surface area contributed by atoms with Gasteiger partial charge in [-0.3, -0.25) is 0 Å². The Morgan fingerprint density at radius 3 is 2.67 bits per heavy atom. The predicted molar refractivity (Wildman–Crippen MR) is 197 cm³/mol. The van der Waals surface area contributed by atoms with Crippen molar-refractivity contribution in [3.8, 4) is 0 Å². The zero-order valence-electron chi connectivity index (χ0n) is 26.8. The molecule has 45 heavy (non-hydrogen) atoms. The molecular formula is C42H44BNS. The minimum absolute atomic E-state index is 0.0872. The van der Waals surface area contributed by atoms with Crippen molar-refractivity contribution in [2.45, 2.75) is 80.2 Å². The van der Waals surface area contributed by atoms with Crippen LogP contribution < -0.4 is 0 Å². The van der Waals surface area contributed by atoms with Crippen LogP contribution in [0.4, 0.5) is 0 Å². The predicted octanol–water partition coefficient (Wildman–Crippen LogP) is 10.6. The Bertz CT molecular complexity index is 1720. The molecule has 1 nitrogen and oxygen atoms in total. The number of benzene rings is 3. The molecule has 226 valence electrons. The van der Waals surface area contributed by atoms with Crippen LogP contribution in [0.2, 0.25) is 0 Å². The van der Waals surface area contributed by atoms with Gasteiger partial charge in [0.05, 0.1) is 0 Å². The summed E-state index contributed by atoms with van der Waals surface area (Å²) in [4.78, 5) is 3.86. The van der Waals surface area contributed by atoms with Crippen LogP contribution in [-0.4, -0.2) is 24.3 Å². The summed E-state index contributed by atoms with van der Waals surface area (Å²) in [6.45, 7) is 7.84. The van der Waals surface area contributed by atoms with Gasteiger partial charge in [-0.1, -0.05) is 0 Å². The molecule has 7 rings (SSSR count). The molecule has 3 heteroatoms. The summed E-state index contributed by atoms with van der Waals surface area (Å²) in [7, 11) is 0. The van der Waals surface area contributed by atoms with Crippen LogP contribution in [0.15, 0.2) is 119 Å². The number of fused-ring (bicyclic) bond motifs is 7. The van der Waals surface area contributed by atoms with E-state index in [1.165, 1.54) is 69.7 Å². The summed E-state index contributed by atoms with van der Waals surface area (Å²) in [5.74, 6) is 2.80. The molecule has 3 aromatic carbocycles. The van der Waals surface area contributed by atoms with Gasteiger partial charge in [0.1, 0.15) is 0 Å². The molecule has 0 aromatic heterocycles. The van der Waals surface area contributed by atoms with Gasteiger partial charge in [0, 0.05) is 0 Å². The van der Waals surface area contributed by atoms with Crippen molar-refractivity contribution >= 4 is 36.8 Å². The van der Waals surface area contributed by atoms with Gasteiger partial charge in [-0.25, -0.2) is 0 Å². The Morgan fingerprint density at radius 1 is 0.978 bits per heavy atom. The van der Waals surface area contributed by atoms with Gasteiger partial charge >= 0.3 is 276 Å². The Kier molecular flexibility index (Phi) is 8.99. The van der Waals surface area contributed by atoms with Crippen molar-refractivity contribution in [1.82, 2.24) is 4.90 Å². The van der Waals surface area contributed by atoms with Crippen molar-refractivity contribution in [1.29, 1.82) is 0 Å². The Morgan fingerprint density at radius 2 is 1.82 bits per heavy atom. The Hall–Kier alpha value is -3.56. The monoisotopic (exact) mass is 605 g/mol. The summed E-state index contributed by atoms with van der Waals surface area (Å²) in [5.41, 5.74) is 11.7. The van der Waals surface area contributed by atoms with E-state index in [-0.39, 0.29) is 5.41 Å². The molecule has 2 aliphatic carbocycles. The van der Waals surface area contributed by atoms with Gasteiger partial charge in [0.2, 0.25) is 0 Å². The Labute approximate surface area is 275 Å². The second-order valence-corrected chi connectivity index (χ2v) is 14.3. The fourth-order valence-corrected chi connectivity index (χ4v) is 9.35. The molecule has 2 aliphatic heterocycles. The number of thioether (sulfide) groups is 1. The molecule has 0 radical (unpaired) electrons.